The van der Waals surface area contributed by atoms with Crippen molar-refractivity contribution >= 4 is 17.5 Å². The first-order valence-electron chi connectivity index (χ1n) is 7.96. The first-order valence-corrected chi connectivity index (χ1v) is 8.34. The fourth-order valence-electron chi connectivity index (χ4n) is 2.46. The van der Waals surface area contributed by atoms with Crippen LogP contribution < -0.4 is 10.1 Å². The molecule has 26 heavy (non-hydrogen) atoms. The van der Waals surface area contributed by atoms with Crippen LogP contribution in [0.25, 0.3) is 0 Å². The Bertz CT molecular complexity index is 836. The predicted octanol–water partition coefficient (Wildman–Crippen LogP) is 4.16. The van der Waals surface area contributed by atoms with E-state index in [0.29, 0.717) is 5.69 Å². The standard InChI is InChI=1S/C20H16ClFN2O2/c21-16-12-15(22)9-10-18(16)26-13-19(25)24-20(14-6-2-1-3-7-14)17-8-4-5-11-23-17/h1-12,20H,13H2,(H,24,25). The second-order valence-corrected chi connectivity index (χ2v) is 5.94. The van der Waals surface area contributed by atoms with Crippen molar-refractivity contribution in [1.29, 1.82) is 0 Å². The van der Waals surface area contributed by atoms with E-state index in [9.17, 15) is 9.18 Å². The summed E-state index contributed by atoms with van der Waals surface area (Å²) in [4.78, 5) is 16.7. The molecular weight excluding hydrogens is 355 g/mol. The highest BCUT2D eigenvalue weighted by molar-refractivity contribution is 6.32. The highest BCUT2D eigenvalue weighted by atomic mass is 35.5. The summed E-state index contributed by atoms with van der Waals surface area (Å²) in [6.07, 6.45) is 1.67. The molecular formula is C20H16ClFN2O2. The molecule has 0 saturated heterocycles. The van der Waals surface area contributed by atoms with Gasteiger partial charge in [0.1, 0.15) is 11.6 Å². The van der Waals surface area contributed by atoms with Gasteiger partial charge in [0.05, 0.1) is 16.8 Å². The third-order valence-corrected chi connectivity index (χ3v) is 3.97. The van der Waals surface area contributed by atoms with Crippen molar-refractivity contribution < 1.29 is 13.9 Å². The summed E-state index contributed by atoms with van der Waals surface area (Å²) in [7, 11) is 0. The van der Waals surface area contributed by atoms with Crippen LogP contribution in [0.3, 0.4) is 0 Å². The monoisotopic (exact) mass is 370 g/mol. The lowest BCUT2D eigenvalue weighted by Gasteiger charge is -2.19. The van der Waals surface area contributed by atoms with Crippen LogP contribution in [-0.4, -0.2) is 17.5 Å². The van der Waals surface area contributed by atoms with Crippen molar-refractivity contribution in [3.63, 3.8) is 0 Å². The molecule has 132 valence electrons. The Labute approximate surface area is 155 Å². The molecule has 0 radical (unpaired) electrons. The summed E-state index contributed by atoms with van der Waals surface area (Å²) in [5, 5.41) is 3.02. The van der Waals surface area contributed by atoms with E-state index in [1.54, 1.807) is 6.20 Å². The Morgan fingerprint density at radius 3 is 2.58 bits per heavy atom. The van der Waals surface area contributed by atoms with E-state index in [0.717, 1.165) is 11.6 Å². The summed E-state index contributed by atoms with van der Waals surface area (Å²) in [5.74, 6) is -0.562. The Balaban J connectivity index is 1.71. The molecule has 1 amide bonds. The molecule has 0 fully saturated rings. The van der Waals surface area contributed by atoms with Gasteiger partial charge in [-0.15, -0.1) is 0 Å². The number of benzene rings is 2. The van der Waals surface area contributed by atoms with Gasteiger partial charge in [-0.1, -0.05) is 48.0 Å². The van der Waals surface area contributed by atoms with Gasteiger partial charge in [-0.25, -0.2) is 4.39 Å². The van der Waals surface area contributed by atoms with Crippen LogP contribution in [-0.2, 0) is 4.79 Å². The zero-order chi connectivity index (χ0) is 18.4. The molecule has 1 heterocycles. The Morgan fingerprint density at radius 2 is 1.88 bits per heavy atom. The molecule has 1 aromatic heterocycles. The van der Waals surface area contributed by atoms with Gasteiger partial charge >= 0.3 is 0 Å². The van der Waals surface area contributed by atoms with Crippen LogP contribution >= 0.6 is 11.6 Å². The molecule has 1 N–H and O–H groups in total. The number of ether oxygens (including phenoxy) is 1. The molecule has 0 saturated carbocycles. The number of hydrogen-bond donors (Lipinski definition) is 1. The van der Waals surface area contributed by atoms with Gasteiger partial charge in [0.25, 0.3) is 5.91 Å². The number of amides is 1. The van der Waals surface area contributed by atoms with Crippen molar-refractivity contribution in [2.75, 3.05) is 6.61 Å². The summed E-state index contributed by atoms with van der Waals surface area (Å²) >= 11 is 5.90. The normalized spacial score (nSPS) is 11.6. The number of nitrogens with zero attached hydrogens (tertiary/aromatic N) is 1. The number of aromatic nitrogens is 1. The molecule has 0 aliphatic heterocycles. The number of nitrogens with one attached hydrogen (secondary N) is 1. The predicted molar refractivity (Wildman–Crippen MR) is 97.6 cm³/mol. The van der Waals surface area contributed by atoms with E-state index in [1.165, 1.54) is 12.1 Å². The third kappa shape index (κ3) is 4.58. The molecule has 0 aliphatic carbocycles. The minimum atomic E-state index is -0.467. The van der Waals surface area contributed by atoms with E-state index in [2.05, 4.69) is 10.3 Å². The lowest BCUT2D eigenvalue weighted by atomic mass is 10.0. The first kappa shape index (κ1) is 17.9. The number of pyridine rings is 1. The molecule has 0 spiro atoms. The third-order valence-electron chi connectivity index (χ3n) is 3.67. The summed E-state index contributed by atoms with van der Waals surface area (Å²) in [6.45, 7) is -0.248. The van der Waals surface area contributed by atoms with Gasteiger partial charge in [0, 0.05) is 6.20 Å². The van der Waals surface area contributed by atoms with Gasteiger partial charge in [-0.2, -0.15) is 0 Å². The Hall–Kier alpha value is -2.92. The van der Waals surface area contributed by atoms with Gasteiger partial charge < -0.3 is 10.1 Å². The zero-order valence-electron chi connectivity index (χ0n) is 13.7. The maximum Gasteiger partial charge on any atom is 0.258 e. The lowest BCUT2D eigenvalue weighted by molar-refractivity contribution is -0.123. The van der Waals surface area contributed by atoms with Crippen LogP contribution in [0.15, 0.2) is 72.9 Å². The first-order chi connectivity index (χ1) is 12.6. The highest BCUT2D eigenvalue weighted by Gasteiger charge is 2.18. The van der Waals surface area contributed by atoms with Crippen LogP contribution in [0.5, 0.6) is 5.75 Å². The minimum absolute atomic E-state index is 0.113. The molecule has 1 unspecified atom stereocenters. The van der Waals surface area contributed by atoms with E-state index >= 15 is 0 Å². The maximum atomic E-state index is 13.1. The quantitative estimate of drug-likeness (QED) is 0.709. The number of carbonyl (C=O) groups is 1. The number of halogens is 2. The fourth-order valence-corrected chi connectivity index (χ4v) is 2.68. The minimum Gasteiger partial charge on any atom is -0.482 e. The molecule has 1 atom stereocenters. The van der Waals surface area contributed by atoms with Gasteiger partial charge in [0.15, 0.2) is 6.61 Å². The average Bonchev–Trinajstić information content (AvgIpc) is 2.67. The number of carbonyl (C=O) groups excluding carboxylic acids is 1. The molecule has 6 heteroatoms. The number of rotatable bonds is 6. The van der Waals surface area contributed by atoms with Crippen LogP contribution in [0.4, 0.5) is 4.39 Å². The smallest absolute Gasteiger partial charge is 0.258 e. The van der Waals surface area contributed by atoms with E-state index in [1.807, 2.05) is 48.5 Å². The fraction of sp³-hybridized carbons (Fsp3) is 0.100. The molecule has 3 aromatic rings. The van der Waals surface area contributed by atoms with Crippen molar-refractivity contribution in [1.82, 2.24) is 10.3 Å². The summed E-state index contributed by atoms with van der Waals surface area (Å²) in [5.41, 5.74) is 1.62. The van der Waals surface area contributed by atoms with Crippen molar-refractivity contribution in [3.8, 4) is 5.75 Å². The maximum absolute atomic E-state index is 13.1. The second-order valence-electron chi connectivity index (χ2n) is 5.53. The topological polar surface area (TPSA) is 51.2 Å². The van der Waals surface area contributed by atoms with Gasteiger partial charge in [0.2, 0.25) is 0 Å². The van der Waals surface area contributed by atoms with Crippen molar-refractivity contribution in [2.24, 2.45) is 0 Å². The lowest BCUT2D eigenvalue weighted by Crippen LogP contribution is -2.33. The average molecular weight is 371 g/mol. The van der Waals surface area contributed by atoms with Crippen LogP contribution in [0.2, 0.25) is 5.02 Å². The SMILES string of the molecule is O=C(COc1ccc(F)cc1Cl)NC(c1ccccc1)c1ccccn1. The Kier molecular flexibility index (Phi) is 5.81. The zero-order valence-corrected chi connectivity index (χ0v) is 14.5. The van der Waals surface area contributed by atoms with Gasteiger partial charge in [-0.3, -0.25) is 9.78 Å². The molecule has 0 aliphatic rings. The van der Waals surface area contributed by atoms with Crippen LogP contribution in [0, 0.1) is 5.82 Å². The van der Waals surface area contributed by atoms with E-state index < -0.39 is 11.9 Å². The van der Waals surface area contributed by atoms with Crippen LogP contribution in [0.1, 0.15) is 17.3 Å². The van der Waals surface area contributed by atoms with Crippen molar-refractivity contribution in [3.05, 3.63) is 95.0 Å². The summed E-state index contributed by atoms with van der Waals surface area (Å²) in [6, 6.07) is 18.4. The molecule has 0 bridgehead atoms. The number of hydrogen-bond acceptors (Lipinski definition) is 3. The largest absolute Gasteiger partial charge is 0.482 e. The Morgan fingerprint density at radius 1 is 1.12 bits per heavy atom. The molecule has 4 nitrogen and oxygen atoms in total. The van der Waals surface area contributed by atoms with E-state index in [-0.39, 0.29) is 23.3 Å². The second kappa shape index (κ2) is 8.45. The highest BCUT2D eigenvalue weighted by Crippen LogP contribution is 2.25. The molecule has 3 rings (SSSR count). The molecule has 2 aromatic carbocycles. The van der Waals surface area contributed by atoms with E-state index in [4.69, 9.17) is 16.3 Å². The summed E-state index contributed by atoms with van der Waals surface area (Å²) < 4.78 is 18.5. The van der Waals surface area contributed by atoms with Gasteiger partial charge in [-0.05, 0) is 35.9 Å². The van der Waals surface area contributed by atoms with Crippen molar-refractivity contribution in [2.45, 2.75) is 6.04 Å².